The fraction of sp³-hybridized carbons (Fsp3) is 0.474. The van der Waals surface area contributed by atoms with Crippen LogP contribution in [0, 0.1) is 0 Å². The lowest BCUT2D eigenvalue weighted by molar-refractivity contribution is 0.00578. The monoisotopic (exact) mass is 294 g/mol. The summed E-state index contributed by atoms with van der Waals surface area (Å²) in [7, 11) is -0.117. The summed E-state index contributed by atoms with van der Waals surface area (Å²) >= 11 is 0. The maximum absolute atomic E-state index is 6.29. The summed E-state index contributed by atoms with van der Waals surface area (Å²) in [6, 6.07) is 13.2. The molecule has 0 saturated carbocycles. The van der Waals surface area contributed by atoms with Gasteiger partial charge in [-0.2, -0.15) is 0 Å². The largest absolute Gasteiger partial charge is 0.461 e. The van der Waals surface area contributed by atoms with Gasteiger partial charge in [0, 0.05) is 5.82 Å². The molecule has 114 valence electrons. The van der Waals surface area contributed by atoms with Gasteiger partial charge in [-0.3, -0.25) is 0 Å². The first-order chi connectivity index (χ1) is 10.4. The second-order valence-electron chi connectivity index (χ2n) is 7.73. The lowest BCUT2D eigenvalue weighted by Crippen LogP contribution is -2.41. The smallest absolute Gasteiger partial charge is 0.403 e. The Morgan fingerprint density at radius 2 is 1.36 bits per heavy atom. The van der Waals surface area contributed by atoms with Crippen molar-refractivity contribution < 1.29 is 9.31 Å². The van der Waals surface area contributed by atoms with Crippen molar-refractivity contribution >= 4 is 17.9 Å². The zero-order valence-corrected chi connectivity index (χ0v) is 13.8. The molecule has 0 atom stereocenters. The Kier molecular flexibility index (Phi) is 2.98. The molecule has 1 fully saturated rings. The average molecular weight is 294 g/mol. The quantitative estimate of drug-likeness (QED) is 0.726. The molecule has 1 aliphatic heterocycles. The summed E-state index contributed by atoms with van der Waals surface area (Å²) in [5.41, 5.74) is 2.36. The van der Waals surface area contributed by atoms with Crippen LogP contribution in [-0.2, 0) is 22.2 Å². The van der Waals surface area contributed by atoms with Crippen LogP contribution < -0.4 is 0 Å². The molecule has 0 spiro atoms. The molecule has 22 heavy (non-hydrogen) atoms. The van der Waals surface area contributed by atoms with Crippen molar-refractivity contribution in [3.63, 3.8) is 0 Å². The van der Waals surface area contributed by atoms with Crippen molar-refractivity contribution in [2.24, 2.45) is 0 Å². The fourth-order valence-electron chi connectivity index (χ4n) is 3.75. The summed E-state index contributed by atoms with van der Waals surface area (Å²) in [5.74, 6) is 0.390. The van der Waals surface area contributed by atoms with Gasteiger partial charge in [-0.05, 0) is 62.4 Å². The molecule has 1 saturated heterocycles. The van der Waals surface area contributed by atoms with E-state index < -0.39 is 0 Å². The van der Waals surface area contributed by atoms with Gasteiger partial charge < -0.3 is 9.31 Å². The first-order valence-corrected chi connectivity index (χ1v) is 8.22. The zero-order chi connectivity index (χ0) is 15.5. The molecule has 1 heterocycles. The van der Waals surface area contributed by atoms with E-state index >= 15 is 0 Å². The van der Waals surface area contributed by atoms with Crippen molar-refractivity contribution in [1.29, 1.82) is 0 Å². The van der Waals surface area contributed by atoms with Gasteiger partial charge in [0.2, 0.25) is 0 Å². The number of hydrogen-bond acceptors (Lipinski definition) is 2. The van der Waals surface area contributed by atoms with E-state index in [4.69, 9.17) is 9.31 Å². The highest BCUT2D eigenvalue weighted by Gasteiger charge is 2.53. The average Bonchev–Trinajstić information content (AvgIpc) is 2.68. The molecule has 1 aliphatic carbocycles. The van der Waals surface area contributed by atoms with Crippen LogP contribution in [0.15, 0.2) is 36.4 Å². The Morgan fingerprint density at radius 3 is 1.86 bits per heavy atom. The van der Waals surface area contributed by atoms with E-state index in [-0.39, 0.29) is 18.3 Å². The minimum atomic E-state index is -0.249. The molecule has 3 heteroatoms. The van der Waals surface area contributed by atoms with Gasteiger partial charge in [0.1, 0.15) is 0 Å². The van der Waals surface area contributed by atoms with Gasteiger partial charge >= 0.3 is 7.12 Å². The zero-order valence-electron chi connectivity index (χ0n) is 13.8. The van der Waals surface area contributed by atoms with Crippen LogP contribution in [0.3, 0.4) is 0 Å². The van der Waals surface area contributed by atoms with Gasteiger partial charge in [0.25, 0.3) is 0 Å². The minimum absolute atomic E-state index is 0.117. The van der Waals surface area contributed by atoms with E-state index in [0.29, 0.717) is 5.82 Å². The normalized spacial score (nSPS) is 23.2. The van der Waals surface area contributed by atoms with Crippen LogP contribution in [0.2, 0.25) is 5.82 Å². The highest BCUT2D eigenvalue weighted by atomic mass is 16.7. The van der Waals surface area contributed by atoms with Gasteiger partial charge in [-0.15, -0.1) is 0 Å². The van der Waals surface area contributed by atoms with Gasteiger partial charge in [-0.25, -0.2) is 0 Å². The van der Waals surface area contributed by atoms with E-state index in [1.807, 2.05) is 0 Å². The minimum Gasteiger partial charge on any atom is -0.403 e. The molecular formula is C19H23BO2. The van der Waals surface area contributed by atoms with Crippen LogP contribution in [-0.4, -0.2) is 18.3 Å². The Morgan fingerprint density at radius 1 is 0.864 bits per heavy atom. The van der Waals surface area contributed by atoms with Gasteiger partial charge in [-0.1, -0.05) is 36.4 Å². The van der Waals surface area contributed by atoms with E-state index in [1.54, 1.807) is 0 Å². The van der Waals surface area contributed by atoms with Crippen molar-refractivity contribution in [2.45, 2.75) is 57.6 Å². The van der Waals surface area contributed by atoms with E-state index in [9.17, 15) is 0 Å². The molecule has 2 nitrogen and oxygen atoms in total. The maximum Gasteiger partial charge on any atom is 0.461 e. The molecule has 2 aromatic rings. The Balaban J connectivity index is 1.68. The number of benzene rings is 2. The Labute approximate surface area is 133 Å². The second kappa shape index (κ2) is 4.59. The van der Waals surface area contributed by atoms with Gasteiger partial charge in [0.05, 0.1) is 11.2 Å². The lowest BCUT2D eigenvalue weighted by Gasteiger charge is -2.32. The molecule has 2 aliphatic rings. The first kappa shape index (κ1) is 14.3. The predicted molar refractivity (Wildman–Crippen MR) is 91.2 cm³/mol. The molecule has 0 aromatic heterocycles. The summed E-state index contributed by atoms with van der Waals surface area (Å²) in [5, 5.41) is 2.79. The summed E-state index contributed by atoms with van der Waals surface area (Å²) in [6.07, 6.45) is 2.07. The molecule has 0 amide bonds. The Hall–Kier alpha value is -1.32. The third-order valence-corrected chi connectivity index (χ3v) is 5.70. The summed E-state index contributed by atoms with van der Waals surface area (Å²) in [4.78, 5) is 0. The van der Waals surface area contributed by atoms with E-state index in [2.05, 4.69) is 64.1 Å². The highest BCUT2D eigenvalue weighted by Crippen LogP contribution is 2.44. The molecule has 0 bridgehead atoms. The molecule has 4 rings (SSSR count). The molecule has 0 N–H and O–H groups in total. The maximum atomic E-state index is 6.29. The Bertz CT molecular complexity index is 679. The lowest BCUT2D eigenvalue weighted by atomic mass is 9.63. The third-order valence-electron chi connectivity index (χ3n) is 5.70. The third kappa shape index (κ3) is 2.03. The topological polar surface area (TPSA) is 18.5 Å². The molecule has 2 aromatic carbocycles. The van der Waals surface area contributed by atoms with Crippen LogP contribution >= 0.6 is 0 Å². The predicted octanol–water partition coefficient (Wildman–Crippen LogP) is 4.40. The SMILES string of the molecule is CC1(C)OB(C2Cc3cccc4cccc(c34)C2)OC1(C)C. The molecule has 0 unspecified atom stereocenters. The van der Waals surface area contributed by atoms with Crippen molar-refractivity contribution in [3.8, 4) is 0 Å². The van der Waals surface area contributed by atoms with Crippen LogP contribution in [0.4, 0.5) is 0 Å². The van der Waals surface area contributed by atoms with Crippen molar-refractivity contribution in [3.05, 3.63) is 47.5 Å². The highest BCUT2D eigenvalue weighted by molar-refractivity contribution is 6.47. The van der Waals surface area contributed by atoms with E-state index in [0.717, 1.165) is 12.8 Å². The summed E-state index contributed by atoms with van der Waals surface area (Å²) in [6.45, 7) is 8.52. The van der Waals surface area contributed by atoms with Crippen LogP contribution in [0.25, 0.3) is 10.8 Å². The van der Waals surface area contributed by atoms with Gasteiger partial charge in [0.15, 0.2) is 0 Å². The standard InChI is InChI=1S/C19H23BO2/c1-18(2)19(3,4)22-20(21-18)16-11-14-9-5-7-13-8-6-10-15(12-16)17(13)14/h5-10,16H,11-12H2,1-4H3. The van der Waals surface area contributed by atoms with E-state index in [1.165, 1.54) is 21.9 Å². The van der Waals surface area contributed by atoms with Crippen molar-refractivity contribution in [1.82, 2.24) is 0 Å². The number of hydrogen-bond donors (Lipinski definition) is 0. The van der Waals surface area contributed by atoms with Crippen LogP contribution in [0.5, 0.6) is 0 Å². The first-order valence-electron chi connectivity index (χ1n) is 8.22. The fourth-order valence-corrected chi connectivity index (χ4v) is 3.75. The second-order valence-corrected chi connectivity index (χ2v) is 7.73. The molecule has 0 radical (unpaired) electrons. The molecular weight excluding hydrogens is 271 g/mol. The van der Waals surface area contributed by atoms with Crippen molar-refractivity contribution in [2.75, 3.05) is 0 Å². The summed E-state index contributed by atoms with van der Waals surface area (Å²) < 4.78 is 12.6. The van der Waals surface area contributed by atoms with Crippen LogP contribution in [0.1, 0.15) is 38.8 Å². The number of rotatable bonds is 1.